The number of aromatic nitrogens is 6. The van der Waals surface area contributed by atoms with Crippen molar-refractivity contribution in [1.82, 2.24) is 28.7 Å². The van der Waals surface area contributed by atoms with Gasteiger partial charge in [-0.3, -0.25) is 15.0 Å². The Morgan fingerprint density at radius 2 is 0.333 bits per heavy atom. The summed E-state index contributed by atoms with van der Waals surface area (Å²) in [6.07, 6.45) is 11.2. The van der Waals surface area contributed by atoms with Crippen LogP contribution in [0.1, 0.15) is 0 Å². The Bertz CT molecular complexity index is 8900. The van der Waals surface area contributed by atoms with Gasteiger partial charge in [0.05, 0.1) is 50.2 Å². The zero-order valence-electron chi connectivity index (χ0n) is 78.9. The molecule has 680 valence electrons. The number of para-hydroxylation sites is 5. The first kappa shape index (κ1) is 87.4. The van der Waals surface area contributed by atoms with Crippen LogP contribution >= 0.6 is 0 Å². The van der Waals surface area contributed by atoms with E-state index in [-0.39, 0.29) is 0 Å². The molecule has 0 spiro atoms. The minimum Gasteiger partial charge on any atom is -0.310 e. The van der Waals surface area contributed by atoms with Gasteiger partial charge < -0.3 is 28.4 Å². The van der Waals surface area contributed by atoms with E-state index in [4.69, 9.17) is 0 Å². The van der Waals surface area contributed by atoms with Gasteiger partial charge in [0.1, 0.15) is 0 Å². The van der Waals surface area contributed by atoms with Crippen LogP contribution in [0.5, 0.6) is 0 Å². The van der Waals surface area contributed by atoms with Crippen LogP contribution in [0.4, 0.5) is 51.2 Å². The molecule has 0 saturated carbocycles. The first-order valence-electron chi connectivity index (χ1n) is 48.8. The molecule has 26 rings (SSSR count). The van der Waals surface area contributed by atoms with E-state index in [1.165, 1.54) is 99.0 Å². The van der Waals surface area contributed by atoms with Crippen molar-refractivity contribution in [2.24, 2.45) is 0 Å². The molecule has 0 saturated heterocycles. The molecule has 144 heavy (non-hydrogen) atoms. The summed E-state index contributed by atoms with van der Waals surface area (Å²) in [4.78, 5) is 20.2. The van der Waals surface area contributed by atoms with Crippen LogP contribution in [-0.2, 0) is 0 Å². The van der Waals surface area contributed by atoms with Crippen molar-refractivity contribution < 1.29 is 0 Å². The molecule has 0 aliphatic rings. The lowest BCUT2D eigenvalue weighted by Gasteiger charge is -2.27. The smallest absolute Gasteiger partial charge is 0.0562 e. The molecule has 0 bridgehead atoms. The summed E-state index contributed by atoms with van der Waals surface area (Å²) >= 11 is 0. The van der Waals surface area contributed by atoms with Gasteiger partial charge in [0.25, 0.3) is 0 Å². The van der Waals surface area contributed by atoms with Crippen LogP contribution in [0.2, 0.25) is 0 Å². The quantitative estimate of drug-likeness (QED) is 0.0758. The molecule has 6 aromatic heterocycles. The van der Waals surface area contributed by atoms with Crippen molar-refractivity contribution in [2.75, 3.05) is 14.7 Å². The summed E-state index contributed by atoms with van der Waals surface area (Å²) in [7, 11) is 0. The molecule has 6 heterocycles. The fourth-order valence-corrected chi connectivity index (χ4v) is 20.5. The highest BCUT2D eigenvalue weighted by atomic mass is 15.2. The average Bonchev–Trinajstić information content (AvgIpc) is 1.59. The summed E-state index contributed by atoms with van der Waals surface area (Å²) < 4.78 is 7.17. The second-order valence-corrected chi connectivity index (χ2v) is 35.9. The number of fused-ring (bicyclic) bond motifs is 9. The first-order valence-corrected chi connectivity index (χ1v) is 48.8. The minimum absolute atomic E-state index is 1.10. The Morgan fingerprint density at radius 1 is 0.139 bits per heavy atom. The van der Waals surface area contributed by atoms with Gasteiger partial charge in [-0.2, -0.15) is 0 Å². The maximum Gasteiger partial charge on any atom is 0.0562 e. The molecule has 9 nitrogen and oxygen atoms in total. The molecule has 0 N–H and O–H groups in total. The van der Waals surface area contributed by atoms with Crippen molar-refractivity contribution in [2.45, 2.75) is 0 Å². The summed E-state index contributed by atoms with van der Waals surface area (Å²) in [5.74, 6) is 0. The molecule has 0 atom stereocenters. The van der Waals surface area contributed by atoms with E-state index in [0.717, 1.165) is 124 Å². The van der Waals surface area contributed by atoms with Crippen molar-refractivity contribution in [1.29, 1.82) is 0 Å². The zero-order chi connectivity index (χ0) is 95.9. The largest absolute Gasteiger partial charge is 0.310 e. The molecule has 20 aromatic carbocycles. The number of nitrogens with zero attached hydrogens (tertiary/aromatic N) is 9. The van der Waals surface area contributed by atoms with E-state index in [0.29, 0.717) is 0 Å². The van der Waals surface area contributed by atoms with E-state index in [1.807, 2.05) is 55.4 Å². The Kier molecular flexibility index (Phi) is 24.1. The molecular weight excluding hydrogens is 1750 g/mol. The van der Waals surface area contributed by atoms with Crippen LogP contribution in [0, 0.1) is 0 Å². The Labute approximate surface area is 837 Å². The highest BCUT2D eigenvalue weighted by Gasteiger charge is 2.27. The molecule has 0 aliphatic carbocycles. The standard InChI is InChI=1S/2C47H33N3.C41H29N3/c1-3-12-34(13-4-1)35-23-25-36(26-24-35)37-27-29-41(30-28-37)49(40-16-5-2-6-17-40)45-21-10-22-46-47(45)43-19-7-8-20-44(43)50(46)42-18-9-14-38(32-42)39-15-11-31-48-33-39;1-3-12-34(13-4-1)36-23-27-40(28-24-36)49(41-29-25-37(26-30-41)35-14-5-2-6-15-35)45-21-10-22-46-47(45)43-19-7-8-20-44(43)50(46)42-18-9-16-38(32-42)39-17-11-31-48-33-39;1-3-12-30(13-4-1)31-23-25-35(26-24-31)43(34-16-5-2-6-17-34)39-21-10-22-40-41(39)37-19-7-8-20-38(37)44(40)36-18-9-14-32(28-36)33-15-11-27-42-29-33/h2*1-33H;1-29H. The zero-order valence-corrected chi connectivity index (χ0v) is 78.9. The number of anilines is 9. The molecule has 0 radical (unpaired) electrons. The van der Waals surface area contributed by atoms with E-state index < -0.39 is 0 Å². The van der Waals surface area contributed by atoms with Gasteiger partial charge in [-0.1, -0.05) is 358 Å². The maximum absolute atomic E-state index is 4.37. The Hall–Kier alpha value is -19.4. The van der Waals surface area contributed by atoms with Crippen molar-refractivity contribution in [3.8, 4) is 106 Å². The number of hydrogen-bond acceptors (Lipinski definition) is 6. The second-order valence-electron chi connectivity index (χ2n) is 35.9. The molecule has 0 amide bonds. The monoisotopic (exact) mass is 1840 g/mol. The predicted octanol–water partition coefficient (Wildman–Crippen LogP) is 36.3. The normalized spacial score (nSPS) is 11.2. The van der Waals surface area contributed by atoms with Crippen molar-refractivity contribution in [3.05, 3.63) is 577 Å². The average molecular weight is 1840 g/mol. The number of pyridine rings is 3. The second kappa shape index (κ2) is 39.6. The number of benzene rings is 20. The van der Waals surface area contributed by atoms with Gasteiger partial charge in [0, 0.05) is 137 Å². The third-order valence-electron chi connectivity index (χ3n) is 27.2. The van der Waals surface area contributed by atoms with Crippen molar-refractivity contribution >= 4 is 117 Å². The highest BCUT2D eigenvalue weighted by molar-refractivity contribution is 6.20. The molecule has 0 unspecified atom stereocenters. The van der Waals surface area contributed by atoms with Crippen LogP contribution in [0.3, 0.4) is 0 Å². The molecule has 26 aromatic rings. The lowest BCUT2D eigenvalue weighted by atomic mass is 10.00. The van der Waals surface area contributed by atoms with E-state index in [2.05, 4.69) is 565 Å². The third-order valence-corrected chi connectivity index (χ3v) is 27.2. The van der Waals surface area contributed by atoms with Gasteiger partial charge in [0.15, 0.2) is 0 Å². The van der Waals surface area contributed by atoms with Gasteiger partial charge in [0.2, 0.25) is 0 Å². The third kappa shape index (κ3) is 17.3. The van der Waals surface area contributed by atoms with Gasteiger partial charge in [-0.05, 0) is 254 Å². The molecular formula is C135H95N9. The lowest BCUT2D eigenvalue weighted by molar-refractivity contribution is 1.18. The van der Waals surface area contributed by atoms with Crippen LogP contribution in [0.15, 0.2) is 577 Å². The summed E-state index contributed by atoms with van der Waals surface area (Å²) in [5, 5.41) is 7.25. The summed E-state index contributed by atoms with van der Waals surface area (Å²) in [6, 6.07) is 193. The number of hydrogen-bond donors (Lipinski definition) is 0. The van der Waals surface area contributed by atoms with E-state index >= 15 is 0 Å². The van der Waals surface area contributed by atoms with Gasteiger partial charge in [-0.15, -0.1) is 0 Å². The Morgan fingerprint density at radius 3 is 0.583 bits per heavy atom. The van der Waals surface area contributed by atoms with Crippen LogP contribution < -0.4 is 14.7 Å². The summed E-state index contributed by atoms with van der Waals surface area (Å²) in [5.41, 5.74) is 39.1. The maximum atomic E-state index is 4.37. The molecule has 0 fully saturated rings. The molecule has 9 heteroatoms. The van der Waals surface area contributed by atoms with E-state index in [9.17, 15) is 0 Å². The predicted molar refractivity (Wildman–Crippen MR) is 603 cm³/mol. The fraction of sp³-hybridized carbons (Fsp3) is 0. The van der Waals surface area contributed by atoms with Gasteiger partial charge >= 0.3 is 0 Å². The highest BCUT2D eigenvalue weighted by Crippen LogP contribution is 2.50. The number of rotatable bonds is 20. The first-order chi connectivity index (χ1) is 71.5. The van der Waals surface area contributed by atoms with Crippen LogP contribution in [-0.4, -0.2) is 28.7 Å². The summed E-state index contributed by atoms with van der Waals surface area (Å²) in [6.45, 7) is 0. The Balaban J connectivity index is 0.000000117. The van der Waals surface area contributed by atoms with Gasteiger partial charge in [-0.25, -0.2) is 0 Å². The topological polar surface area (TPSA) is 63.2 Å². The SMILES string of the molecule is c1ccc(-c2ccc(-c3ccc(N(c4ccccc4)c4cccc5c4c4ccccc4n5-c4cccc(-c5cccnc5)c4)cc3)cc2)cc1.c1ccc(-c2ccc(N(c3ccc(-c4ccccc4)cc3)c3cccc4c3c3ccccc3n4-c3cccc(-c4cccnc4)c3)cc2)cc1.c1ccc(-c2ccc(N(c3ccccc3)c3cccc4c3c3ccccc3n4-c3cccc(-c4cccnc4)c3)cc2)cc1. The molecule has 0 aliphatic heterocycles. The van der Waals surface area contributed by atoms with E-state index in [1.54, 1.807) is 0 Å². The van der Waals surface area contributed by atoms with Crippen LogP contribution in [0.25, 0.3) is 171 Å². The lowest BCUT2D eigenvalue weighted by Crippen LogP contribution is -2.10. The fourth-order valence-electron chi connectivity index (χ4n) is 20.5. The van der Waals surface area contributed by atoms with Crippen molar-refractivity contribution in [3.63, 3.8) is 0 Å². The minimum atomic E-state index is 1.10.